The van der Waals surface area contributed by atoms with Crippen molar-refractivity contribution in [2.45, 2.75) is 4.83 Å². The third-order valence-corrected chi connectivity index (χ3v) is 5.14. The van der Waals surface area contributed by atoms with Crippen molar-refractivity contribution >= 4 is 61.5 Å². The quantitative estimate of drug-likeness (QED) is 0.396. The van der Waals surface area contributed by atoms with E-state index in [0.717, 1.165) is 26.9 Å². The second-order valence-electron chi connectivity index (χ2n) is 4.75. The fourth-order valence-electron chi connectivity index (χ4n) is 2.41. The van der Waals surface area contributed by atoms with E-state index in [-0.39, 0.29) is 4.83 Å². The lowest BCUT2D eigenvalue weighted by molar-refractivity contribution is 1.20. The number of halogens is 4. The van der Waals surface area contributed by atoms with E-state index in [1.807, 2.05) is 42.5 Å². The van der Waals surface area contributed by atoms with Gasteiger partial charge in [-0.3, -0.25) is 0 Å². The summed E-state index contributed by atoms with van der Waals surface area (Å²) in [7, 11) is 0. The van der Waals surface area contributed by atoms with Crippen LogP contribution in [0, 0.1) is 0 Å². The summed E-state index contributed by atoms with van der Waals surface area (Å²) in [5.74, 6) is 0. The Morgan fingerprint density at radius 2 is 1.38 bits per heavy atom. The van der Waals surface area contributed by atoms with Gasteiger partial charge in [0.1, 0.15) is 0 Å². The van der Waals surface area contributed by atoms with E-state index in [9.17, 15) is 0 Å². The largest absolute Gasteiger partial charge is 0.0843 e. The van der Waals surface area contributed by atoms with E-state index in [2.05, 4.69) is 22.0 Å². The van der Waals surface area contributed by atoms with Crippen molar-refractivity contribution in [2.24, 2.45) is 0 Å². The van der Waals surface area contributed by atoms with Gasteiger partial charge in [-0.05, 0) is 40.8 Å². The Kier molecular flexibility index (Phi) is 4.46. The second-order valence-corrected chi connectivity index (χ2v) is 6.94. The Bertz CT molecular complexity index is 794. The highest BCUT2D eigenvalue weighted by Crippen LogP contribution is 2.39. The van der Waals surface area contributed by atoms with Gasteiger partial charge in [0.25, 0.3) is 0 Å². The molecule has 106 valence electrons. The van der Waals surface area contributed by atoms with Crippen LogP contribution >= 0.6 is 50.7 Å². The van der Waals surface area contributed by atoms with Crippen molar-refractivity contribution in [3.8, 4) is 0 Å². The Labute approximate surface area is 146 Å². The van der Waals surface area contributed by atoms with Gasteiger partial charge in [0.15, 0.2) is 0 Å². The Morgan fingerprint density at radius 1 is 0.762 bits per heavy atom. The van der Waals surface area contributed by atoms with Gasteiger partial charge in [0.05, 0.1) is 4.83 Å². The molecule has 0 spiro atoms. The molecule has 0 saturated carbocycles. The van der Waals surface area contributed by atoms with Crippen molar-refractivity contribution < 1.29 is 0 Å². The zero-order valence-electron chi connectivity index (χ0n) is 10.8. The number of fused-ring (bicyclic) bond motifs is 1. The summed E-state index contributed by atoms with van der Waals surface area (Å²) >= 11 is 22.2. The van der Waals surface area contributed by atoms with Crippen LogP contribution in [-0.4, -0.2) is 0 Å². The summed E-state index contributed by atoms with van der Waals surface area (Å²) in [5.41, 5.74) is 2.15. The molecule has 0 amide bonds. The third-order valence-electron chi connectivity index (χ3n) is 3.36. The summed E-state index contributed by atoms with van der Waals surface area (Å²) in [6, 6.07) is 17.6. The summed E-state index contributed by atoms with van der Waals surface area (Å²) in [4.78, 5) is -0.00383. The maximum Gasteiger partial charge on any atom is 0.0651 e. The SMILES string of the molecule is Clc1cc(Cl)cc(C(Br)c2ccc(Cl)c3ccccc23)c1. The van der Waals surface area contributed by atoms with Gasteiger partial charge in [-0.1, -0.05) is 81.1 Å². The molecule has 0 aromatic heterocycles. The summed E-state index contributed by atoms with van der Waals surface area (Å²) in [6.07, 6.45) is 0. The molecule has 1 atom stereocenters. The van der Waals surface area contributed by atoms with Crippen molar-refractivity contribution in [1.29, 1.82) is 0 Å². The minimum atomic E-state index is -0.00383. The molecule has 0 fully saturated rings. The molecule has 0 radical (unpaired) electrons. The van der Waals surface area contributed by atoms with Crippen LogP contribution in [0.25, 0.3) is 10.8 Å². The molecule has 0 saturated heterocycles. The topological polar surface area (TPSA) is 0 Å². The number of benzene rings is 3. The highest BCUT2D eigenvalue weighted by Gasteiger charge is 2.15. The fraction of sp³-hybridized carbons (Fsp3) is 0.0588. The van der Waals surface area contributed by atoms with Gasteiger partial charge in [-0.15, -0.1) is 0 Å². The number of alkyl halides is 1. The standard InChI is InChI=1S/C17H10BrCl3/c18-17(10-7-11(19)9-12(20)8-10)15-5-6-16(21)14-4-2-1-3-13(14)15/h1-9,17H. The smallest absolute Gasteiger partial charge is 0.0651 e. The van der Waals surface area contributed by atoms with E-state index in [0.29, 0.717) is 10.0 Å². The normalized spacial score (nSPS) is 12.6. The molecule has 0 nitrogen and oxygen atoms in total. The van der Waals surface area contributed by atoms with Crippen LogP contribution in [-0.2, 0) is 0 Å². The molecule has 21 heavy (non-hydrogen) atoms. The van der Waals surface area contributed by atoms with Crippen molar-refractivity contribution in [3.05, 3.63) is 80.8 Å². The first-order valence-corrected chi connectivity index (χ1v) is 8.38. The van der Waals surface area contributed by atoms with Crippen LogP contribution in [0.2, 0.25) is 15.1 Å². The molecule has 3 aromatic carbocycles. The predicted molar refractivity (Wildman–Crippen MR) is 96.2 cm³/mol. The van der Waals surface area contributed by atoms with Crippen LogP contribution in [0.3, 0.4) is 0 Å². The van der Waals surface area contributed by atoms with Crippen LogP contribution < -0.4 is 0 Å². The van der Waals surface area contributed by atoms with Crippen LogP contribution in [0.1, 0.15) is 16.0 Å². The number of hydrogen-bond donors (Lipinski definition) is 0. The van der Waals surface area contributed by atoms with Gasteiger partial charge >= 0.3 is 0 Å². The molecule has 4 heteroatoms. The average Bonchev–Trinajstić information content (AvgIpc) is 2.46. The monoisotopic (exact) mass is 398 g/mol. The van der Waals surface area contributed by atoms with E-state index in [1.54, 1.807) is 6.07 Å². The predicted octanol–water partition coefficient (Wildman–Crippen LogP) is 7.28. The molecule has 0 aliphatic heterocycles. The summed E-state index contributed by atoms with van der Waals surface area (Å²) in [6.45, 7) is 0. The van der Waals surface area contributed by atoms with Crippen LogP contribution in [0.5, 0.6) is 0 Å². The fourth-order valence-corrected chi connectivity index (χ4v) is 3.84. The lowest BCUT2D eigenvalue weighted by Gasteiger charge is -2.15. The Morgan fingerprint density at radius 3 is 2.05 bits per heavy atom. The Balaban J connectivity index is 2.18. The molecule has 1 unspecified atom stereocenters. The molecule has 0 heterocycles. The lowest BCUT2D eigenvalue weighted by Crippen LogP contribution is -1.95. The van der Waals surface area contributed by atoms with Gasteiger partial charge in [0.2, 0.25) is 0 Å². The maximum atomic E-state index is 6.27. The van der Waals surface area contributed by atoms with Crippen molar-refractivity contribution in [3.63, 3.8) is 0 Å². The van der Waals surface area contributed by atoms with Crippen LogP contribution in [0.15, 0.2) is 54.6 Å². The molecular weight excluding hydrogens is 390 g/mol. The third kappa shape index (κ3) is 3.07. The minimum Gasteiger partial charge on any atom is -0.0843 e. The van der Waals surface area contributed by atoms with E-state index >= 15 is 0 Å². The summed E-state index contributed by atoms with van der Waals surface area (Å²) < 4.78 is 0. The van der Waals surface area contributed by atoms with E-state index in [4.69, 9.17) is 34.8 Å². The number of hydrogen-bond acceptors (Lipinski definition) is 0. The van der Waals surface area contributed by atoms with Gasteiger partial charge in [-0.25, -0.2) is 0 Å². The highest BCUT2D eigenvalue weighted by molar-refractivity contribution is 9.09. The molecular formula is C17H10BrCl3. The Hall–Kier alpha value is -0.730. The first kappa shape index (κ1) is 15.2. The van der Waals surface area contributed by atoms with Gasteiger partial charge in [0, 0.05) is 20.5 Å². The minimum absolute atomic E-state index is 0.00383. The maximum absolute atomic E-state index is 6.27. The first-order chi connectivity index (χ1) is 10.1. The van der Waals surface area contributed by atoms with E-state index in [1.165, 1.54) is 0 Å². The lowest BCUT2D eigenvalue weighted by atomic mass is 9.98. The highest BCUT2D eigenvalue weighted by atomic mass is 79.9. The molecule has 0 aliphatic carbocycles. The van der Waals surface area contributed by atoms with Crippen molar-refractivity contribution in [2.75, 3.05) is 0 Å². The molecule has 3 aromatic rings. The van der Waals surface area contributed by atoms with Crippen molar-refractivity contribution in [1.82, 2.24) is 0 Å². The second kappa shape index (κ2) is 6.18. The van der Waals surface area contributed by atoms with Crippen LogP contribution in [0.4, 0.5) is 0 Å². The molecule has 3 rings (SSSR count). The molecule has 0 aliphatic rings. The zero-order chi connectivity index (χ0) is 15.0. The zero-order valence-corrected chi connectivity index (χ0v) is 14.6. The number of rotatable bonds is 2. The molecule has 0 bridgehead atoms. The molecule has 0 N–H and O–H groups in total. The first-order valence-electron chi connectivity index (χ1n) is 6.33. The van der Waals surface area contributed by atoms with E-state index < -0.39 is 0 Å². The van der Waals surface area contributed by atoms with Gasteiger partial charge < -0.3 is 0 Å². The van der Waals surface area contributed by atoms with Gasteiger partial charge in [-0.2, -0.15) is 0 Å². The summed E-state index contributed by atoms with van der Waals surface area (Å²) in [5, 5.41) is 4.15. The average molecular weight is 401 g/mol.